The fourth-order valence-electron chi connectivity index (χ4n) is 2.40. The zero-order chi connectivity index (χ0) is 12.4. The highest BCUT2D eigenvalue weighted by Gasteiger charge is 2.19. The molecular formula is C14H16N2OS. The standard InChI is InChI=1S/C14H16N2OS/c18-14-15-12-7-9-16(10-13(12)17-14)8-6-11-4-2-1-3-5-11/h1-5H,6-10H2,(H,15,18). The summed E-state index contributed by atoms with van der Waals surface area (Å²) in [4.78, 5) is 6.03. The lowest BCUT2D eigenvalue weighted by atomic mass is 10.1. The number of nitrogens with zero attached hydrogens (tertiary/aromatic N) is 1. The molecule has 1 aliphatic rings. The summed E-state index contributed by atoms with van der Waals surface area (Å²) in [5.74, 6) is 1.01. The van der Waals surface area contributed by atoms with Crippen molar-refractivity contribution in [2.75, 3.05) is 13.1 Å². The van der Waals surface area contributed by atoms with Gasteiger partial charge in [0.25, 0.3) is 4.84 Å². The summed E-state index contributed by atoms with van der Waals surface area (Å²) in [7, 11) is 0. The van der Waals surface area contributed by atoms with Gasteiger partial charge in [-0.1, -0.05) is 30.3 Å². The molecule has 18 heavy (non-hydrogen) atoms. The molecule has 2 heterocycles. The number of hydrogen-bond donors (Lipinski definition) is 1. The first kappa shape index (κ1) is 11.7. The van der Waals surface area contributed by atoms with Gasteiger partial charge in [-0.25, -0.2) is 0 Å². The van der Waals surface area contributed by atoms with E-state index < -0.39 is 0 Å². The number of hydrogen-bond acceptors (Lipinski definition) is 3. The van der Waals surface area contributed by atoms with Crippen molar-refractivity contribution in [2.24, 2.45) is 0 Å². The molecule has 0 amide bonds. The number of rotatable bonds is 3. The van der Waals surface area contributed by atoms with Crippen LogP contribution in [0.2, 0.25) is 0 Å². The largest absolute Gasteiger partial charge is 0.433 e. The lowest BCUT2D eigenvalue weighted by Crippen LogP contribution is -2.31. The Kier molecular flexibility index (Phi) is 3.30. The van der Waals surface area contributed by atoms with Crippen molar-refractivity contribution in [3.63, 3.8) is 0 Å². The van der Waals surface area contributed by atoms with Gasteiger partial charge < -0.3 is 9.40 Å². The number of benzene rings is 1. The maximum absolute atomic E-state index is 5.51. The van der Waals surface area contributed by atoms with Crippen LogP contribution in [0.3, 0.4) is 0 Å². The third kappa shape index (κ3) is 2.54. The Labute approximate surface area is 111 Å². The van der Waals surface area contributed by atoms with Gasteiger partial charge >= 0.3 is 0 Å². The number of H-pyrrole nitrogens is 1. The van der Waals surface area contributed by atoms with Crippen molar-refractivity contribution < 1.29 is 4.42 Å². The fourth-order valence-corrected chi connectivity index (χ4v) is 2.62. The van der Waals surface area contributed by atoms with Gasteiger partial charge in [0.05, 0.1) is 12.2 Å². The minimum atomic E-state index is 0.505. The zero-order valence-corrected chi connectivity index (χ0v) is 11.0. The van der Waals surface area contributed by atoms with Crippen molar-refractivity contribution in [1.82, 2.24) is 9.88 Å². The van der Waals surface area contributed by atoms with Gasteiger partial charge in [0, 0.05) is 19.5 Å². The summed E-state index contributed by atoms with van der Waals surface area (Å²) in [6.07, 6.45) is 2.09. The SMILES string of the molecule is S=c1[nH]c2c(o1)CN(CCc1ccccc1)CC2. The van der Waals surface area contributed by atoms with Gasteiger partial charge in [0.2, 0.25) is 0 Å². The summed E-state index contributed by atoms with van der Waals surface area (Å²) in [6, 6.07) is 10.6. The zero-order valence-electron chi connectivity index (χ0n) is 10.2. The van der Waals surface area contributed by atoms with Gasteiger partial charge in [0.1, 0.15) is 5.76 Å². The summed E-state index contributed by atoms with van der Waals surface area (Å²) >= 11 is 5.02. The maximum Gasteiger partial charge on any atom is 0.266 e. The van der Waals surface area contributed by atoms with Crippen LogP contribution in [-0.2, 0) is 19.4 Å². The molecule has 0 unspecified atom stereocenters. The van der Waals surface area contributed by atoms with Crippen LogP contribution < -0.4 is 0 Å². The van der Waals surface area contributed by atoms with E-state index in [1.54, 1.807) is 0 Å². The maximum atomic E-state index is 5.51. The predicted octanol–water partition coefficient (Wildman–Crippen LogP) is 2.94. The molecule has 0 aliphatic carbocycles. The number of fused-ring (bicyclic) bond motifs is 1. The van der Waals surface area contributed by atoms with E-state index in [4.69, 9.17) is 16.6 Å². The second-order valence-corrected chi connectivity index (χ2v) is 5.05. The van der Waals surface area contributed by atoms with E-state index in [9.17, 15) is 0 Å². The highest BCUT2D eigenvalue weighted by molar-refractivity contribution is 7.71. The Bertz CT molecular complexity index is 573. The third-order valence-corrected chi connectivity index (χ3v) is 3.60. The Morgan fingerprint density at radius 2 is 2.11 bits per heavy atom. The smallest absolute Gasteiger partial charge is 0.266 e. The molecule has 1 aromatic carbocycles. The Hall–Kier alpha value is -1.39. The normalized spacial score (nSPS) is 15.6. The van der Waals surface area contributed by atoms with Crippen molar-refractivity contribution in [3.8, 4) is 0 Å². The summed E-state index contributed by atoms with van der Waals surface area (Å²) in [5.41, 5.74) is 2.56. The van der Waals surface area contributed by atoms with E-state index in [-0.39, 0.29) is 0 Å². The molecule has 1 aliphatic heterocycles. The summed E-state index contributed by atoms with van der Waals surface area (Å²) < 4.78 is 5.51. The van der Waals surface area contributed by atoms with Gasteiger partial charge in [0.15, 0.2) is 0 Å². The second-order valence-electron chi connectivity index (χ2n) is 4.68. The van der Waals surface area contributed by atoms with Crippen LogP contribution in [0.4, 0.5) is 0 Å². The Morgan fingerprint density at radius 3 is 2.94 bits per heavy atom. The first-order valence-corrected chi connectivity index (χ1v) is 6.69. The number of nitrogens with one attached hydrogen (secondary N) is 1. The molecule has 1 aromatic heterocycles. The van der Waals surface area contributed by atoms with Gasteiger partial charge in [-0.2, -0.15) is 0 Å². The van der Waals surface area contributed by atoms with E-state index in [1.165, 1.54) is 11.3 Å². The van der Waals surface area contributed by atoms with Crippen molar-refractivity contribution in [3.05, 3.63) is 52.2 Å². The molecular weight excluding hydrogens is 244 g/mol. The number of aromatic nitrogens is 1. The van der Waals surface area contributed by atoms with Crippen LogP contribution in [0, 0.1) is 4.84 Å². The Morgan fingerprint density at radius 1 is 1.28 bits per heavy atom. The molecule has 0 radical (unpaired) electrons. The molecule has 2 aromatic rings. The lowest BCUT2D eigenvalue weighted by Gasteiger charge is -2.25. The van der Waals surface area contributed by atoms with Crippen molar-refractivity contribution >= 4 is 12.2 Å². The molecule has 0 spiro atoms. The van der Waals surface area contributed by atoms with Gasteiger partial charge in [-0.3, -0.25) is 4.90 Å². The topological polar surface area (TPSA) is 32.2 Å². The van der Waals surface area contributed by atoms with E-state index in [2.05, 4.69) is 40.2 Å². The summed E-state index contributed by atoms with van der Waals surface area (Å²) in [5, 5.41) is 0. The van der Waals surface area contributed by atoms with Crippen molar-refractivity contribution in [2.45, 2.75) is 19.4 Å². The third-order valence-electron chi connectivity index (χ3n) is 3.41. The van der Waals surface area contributed by atoms with E-state index >= 15 is 0 Å². The molecule has 0 bridgehead atoms. The molecule has 1 N–H and O–H groups in total. The lowest BCUT2D eigenvalue weighted by molar-refractivity contribution is 0.230. The van der Waals surface area contributed by atoms with E-state index in [1.807, 2.05) is 0 Å². The molecule has 3 rings (SSSR count). The molecule has 94 valence electrons. The van der Waals surface area contributed by atoms with Crippen LogP contribution in [-0.4, -0.2) is 23.0 Å². The van der Waals surface area contributed by atoms with E-state index in [0.29, 0.717) is 4.84 Å². The molecule has 0 saturated heterocycles. The molecule has 4 heteroatoms. The highest BCUT2D eigenvalue weighted by atomic mass is 32.1. The van der Waals surface area contributed by atoms with E-state index in [0.717, 1.165) is 38.2 Å². The average molecular weight is 260 g/mol. The number of aromatic amines is 1. The minimum absolute atomic E-state index is 0.505. The highest BCUT2D eigenvalue weighted by Crippen LogP contribution is 2.18. The van der Waals surface area contributed by atoms with Crippen LogP contribution >= 0.6 is 12.2 Å². The number of oxazole rings is 1. The predicted molar refractivity (Wildman–Crippen MR) is 73.0 cm³/mol. The second kappa shape index (κ2) is 5.08. The van der Waals surface area contributed by atoms with Gasteiger partial charge in [-0.05, 0) is 24.2 Å². The average Bonchev–Trinajstić information content (AvgIpc) is 2.77. The van der Waals surface area contributed by atoms with Crippen LogP contribution in [0.5, 0.6) is 0 Å². The van der Waals surface area contributed by atoms with Gasteiger partial charge in [-0.15, -0.1) is 0 Å². The molecule has 0 atom stereocenters. The Balaban J connectivity index is 1.61. The van der Waals surface area contributed by atoms with Crippen LogP contribution in [0.1, 0.15) is 17.0 Å². The van der Waals surface area contributed by atoms with Crippen LogP contribution in [0.25, 0.3) is 0 Å². The molecule has 3 nitrogen and oxygen atoms in total. The quantitative estimate of drug-likeness (QED) is 0.861. The molecule has 0 saturated carbocycles. The monoisotopic (exact) mass is 260 g/mol. The van der Waals surface area contributed by atoms with Crippen molar-refractivity contribution in [1.29, 1.82) is 0 Å². The summed E-state index contributed by atoms with van der Waals surface area (Å²) in [6.45, 7) is 3.01. The molecule has 0 fully saturated rings. The first-order valence-electron chi connectivity index (χ1n) is 6.28. The van der Waals surface area contributed by atoms with Crippen LogP contribution in [0.15, 0.2) is 34.7 Å². The first-order chi connectivity index (χ1) is 8.81. The minimum Gasteiger partial charge on any atom is -0.433 e. The fraction of sp³-hybridized carbons (Fsp3) is 0.357.